The van der Waals surface area contributed by atoms with Crippen LogP contribution in [0.3, 0.4) is 0 Å². The number of benzene rings is 1. The first-order valence-corrected chi connectivity index (χ1v) is 9.79. The second-order valence-corrected chi connectivity index (χ2v) is 7.50. The predicted octanol–water partition coefficient (Wildman–Crippen LogP) is 3.50. The Labute approximate surface area is 172 Å². The molecule has 2 aliphatic rings. The van der Waals surface area contributed by atoms with Gasteiger partial charge in [0.15, 0.2) is 0 Å². The number of urea groups is 1. The van der Waals surface area contributed by atoms with Gasteiger partial charge in [0.1, 0.15) is 11.9 Å². The molecule has 0 radical (unpaired) electrons. The molecule has 9 nitrogen and oxygen atoms in total. The standard InChI is InChI=1S/C19H21ClN6O3/c20-14-3-1-2-4-15(14)26-10-11-9-22-18(24-16(11)25-19(26)28)23-12-5-7-13(8-6-12)29-17(21)27/h1-4,9,12-13H,5-8,10H2,(H2,21,27)(H2,22,23,24,25,28)/t12-,13-. The lowest BCUT2D eigenvalue weighted by Gasteiger charge is -2.30. The molecule has 1 aromatic heterocycles. The zero-order valence-electron chi connectivity index (χ0n) is 15.6. The number of para-hydroxylation sites is 1. The first-order chi connectivity index (χ1) is 14.0. The van der Waals surface area contributed by atoms with Crippen LogP contribution in [0.4, 0.5) is 27.0 Å². The fourth-order valence-corrected chi connectivity index (χ4v) is 3.89. The van der Waals surface area contributed by atoms with Crippen LogP contribution in [0, 0.1) is 0 Å². The SMILES string of the molecule is NC(=O)O[C@H]1CC[C@H](Nc2ncc3c(n2)NC(=O)N(c2ccccc2Cl)C3)CC1. The van der Waals surface area contributed by atoms with Crippen LogP contribution in [-0.4, -0.2) is 34.2 Å². The third-order valence-electron chi connectivity index (χ3n) is 5.10. The van der Waals surface area contributed by atoms with Crippen molar-refractivity contribution >= 4 is 41.2 Å². The minimum Gasteiger partial charge on any atom is -0.446 e. The van der Waals surface area contributed by atoms with Gasteiger partial charge in [-0.05, 0) is 37.8 Å². The Bertz CT molecular complexity index is 932. The minimum atomic E-state index is -0.735. The van der Waals surface area contributed by atoms with Gasteiger partial charge in [-0.2, -0.15) is 4.98 Å². The third kappa shape index (κ3) is 4.34. The predicted molar refractivity (Wildman–Crippen MR) is 109 cm³/mol. The summed E-state index contributed by atoms with van der Waals surface area (Å²) in [5, 5.41) is 6.60. The highest BCUT2D eigenvalue weighted by Gasteiger charge is 2.28. The third-order valence-corrected chi connectivity index (χ3v) is 5.42. The van der Waals surface area contributed by atoms with E-state index in [-0.39, 0.29) is 18.2 Å². The molecule has 152 valence electrons. The fraction of sp³-hybridized carbons (Fsp3) is 0.368. The summed E-state index contributed by atoms with van der Waals surface area (Å²) in [6.07, 6.45) is 3.92. The lowest BCUT2D eigenvalue weighted by Crippen LogP contribution is -2.39. The molecule has 2 aromatic rings. The van der Waals surface area contributed by atoms with Crippen molar-refractivity contribution in [3.63, 3.8) is 0 Å². The Hall–Kier alpha value is -3.07. The van der Waals surface area contributed by atoms with E-state index in [9.17, 15) is 9.59 Å². The van der Waals surface area contributed by atoms with Gasteiger partial charge >= 0.3 is 12.1 Å². The number of amides is 3. The number of carbonyl (C=O) groups excluding carboxylic acids is 2. The lowest BCUT2D eigenvalue weighted by molar-refractivity contribution is 0.0805. The average molecular weight is 417 g/mol. The molecule has 0 saturated heterocycles. The number of rotatable bonds is 4. The van der Waals surface area contributed by atoms with E-state index in [1.807, 2.05) is 12.1 Å². The molecule has 0 bridgehead atoms. The zero-order chi connectivity index (χ0) is 20.4. The molecule has 0 unspecified atom stereocenters. The van der Waals surface area contributed by atoms with Crippen molar-refractivity contribution in [2.45, 2.75) is 44.4 Å². The van der Waals surface area contributed by atoms with Crippen LogP contribution in [0.15, 0.2) is 30.5 Å². The maximum Gasteiger partial charge on any atom is 0.404 e. The molecular formula is C19H21ClN6O3. The number of aromatic nitrogens is 2. The smallest absolute Gasteiger partial charge is 0.404 e. The highest BCUT2D eigenvalue weighted by atomic mass is 35.5. The number of fused-ring (bicyclic) bond motifs is 1. The van der Waals surface area contributed by atoms with Crippen molar-refractivity contribution in [3.8, 4) is 0 Å². The van der Waals surface area contributed by atoms with E-state index in [4.69, 9.17) is 22.1 Å². The van der Waals surface area contributed by atoms with Crippen LogP contribution < -0.4 is 21.3 Å². The largest absolute Gasteiger partial charge is 0.446 e. The molecule has 10 heteroatoms. The Morgan fingerprint density at radius 1 is 1.28 bits per heavy atom. The summed E-state index contributed by atoms with van der Waals surface area (Å²) in [4.78, 5) is 33.8. The van der Waals surface area contributed by atoms with Crippen LogP contribution >= 0.6 is 11.6 Å². The maximum atomic E-state index is 12.6. The summed E-state index contributed by atoms with van der Waals surface area (Å²) >= 11 is 6.22. The minimum absolute atomic E-state index is 0.134. The van der Waals surface area contributed by atoms with Crippen molar-refractivity contribution < 1.29 is 14.3 Å². The van der Waals surface area contributed by atoms with E-state index in [1.54, 1.807) is 23.2 Å². The molecule has 29 heavy (non-hydrogen) atoms. The Balaban J connectivity index is 1.42. The van der Waals surface area contributed by atoms with E-state index in [2.05, 4.69) is 20.6 Å². The van der Waals surface area contributed by atoms with Crippen LogP contribution in [0.1, 0.15) is 31.2 Å². The maximum absolute atomic E-state index is 12.6. The Morgan fingerprint density at radius 3 is 2.76 bits per heavy atom. The van der Waals surface area contributed by atoms with Gasteiger partial charge in [-0.15, -0.1) is 0 Å². The van der Waals surface area contributed by atoms with Gasteiger partial charge < -0.3 is 15.8 Å². The summed E-state index contributed by atoms with van der Waals surface area (Å²) in [6.45, 7) is 0.334. The Morgan fingerprint density at radius 2 is 2.03 bits per heavy atom. The van der Waals surface area contributed by atoms with Gasteiger partial charge in [0.25, 0.3) is 0 Å². The quantitative estimate of drug-likeness (QED) is 0.701. The van der Waals surface area contributed by atoms with Gasteiger partial charge in [-0.3, -0.25) is 10.2 Å². The molecule has 1 fully saturated rings. The number of hydrogen-bond acceptors (Lipinski definition) is 6. The van der Waals surface area contributed by atoms with Gasteiger partial charge in [-0.25, -0.2) is 14.6 Å². The van der Waals surface area contributed by atoms with Crippen molar-refractivity contribution in [1.29, 1.82) is 0 Å². The molecule has 2 heterocycles. The van der Waals surface area contributed by atoms with Gasteiger partial charge in [0, 0.05) is 17.8 Å². The number of ether oxygens (including phenoxy) is 1. The van der Waals surface area contributed by atoms with Crippen LogP contribution in [0.25, 0.3) is 0 Å². The summed E-state index contributed by atoms with van der Waals surface area (Å²) in [5.74, 6) is 0.941. The molecule has 1 aromatic carbocycles. The zero-order valence-corrected chi connectivity index (χ0v) is 16.4. The Kier molecular flexibility index (Phi) is 5.39. The van der Waals surface area contributed by atoms with Crippen molar-refractivity contribution in [3.05, 3.63) is 41.0 Å². The number of nitrogens with two attached hydrogens (primary N) is 1. The van der Waals surface area contributed by atoms with Crippen molar-refractivity contribution in [2.75, 3.05) is 15.5 Å². The normalized spacial score (nSPS) is 21.1. The second-order valence-electron chi connectivity index (χ2n) is 7.09. The van der Waals surface area contributed by atoms with Gasteiger partial charge in [-0.1, -0.05) is 23.7 Å². The van der Waals surface area contributed by atoms with Gasteiger partial charge in [0.05, 0.1) is 17.3 Å². The summed E-state index contributed by atoms with van der Waals surface area (Å²) in [5.41, 5.74) is 6.50. The highest BCUT2D eigenvalue weighted by Crippen LogP contribution is 2.31. The molecule has 1 aliphatic heterocycles. The van der Waals surface area contributed by atoms with E-state index >= 15 is 0 Å². The second kappa shape index (κ2) is 8.12. The van der Waals surface area contributed by atoms with E-state index < -0.39 is 6.09 Å². The fourth-order valence-electron chi connectivity index (χ4n) is 3.65. The summed E-state index contributed by atoms with van der Waals surface area (Å²) < 4.78 is 5.05. The summed E-state index contributed by atoms with van der Waals surface area (Å²) in [6, 6.07) is 7.06. The first-order valence-electron chi connectivity index (χ1n) is 9.41. The lowest BCUT2D eigenvalue weighted by atomic mass is 9.93. The molecule has 3 amide bonds. The molecule has 1 saturated carbocycles. The molecular weight excluding hydrogens is 396 g/mol. The number of nitrogens with zero attached hydrogens (tertiary/aromatic N) is 3. The molecule has 0 atom stereocenters. The molecule has 4 rings (SSSR count). The number of carbonyl (C=O) groups is 2. The number of anilines is 3. The summed E-state index contributed by atoms with van der Waals surface area (Å²) in [7, 11) is 0. The number of primary amides is 1. The van der Waals surface area contributed by atoms with Crippen LogP contribution in [-0.2, 0) is 11.3 Å². The highest BCUT2D eigenvalue weighted by molar-refractivity contribution is 6.34. The van der Waals surface area contributed by atoms with E-state index in [0.29, 0.717) is 29.0 Å². The van der Waals surface area contributed by atoms with E-state index in [1.165, 1.54) is 0 Å². The average Bonchev–Trinajstić information content (AvgIpc) is 2.69. The van der Waals surface area contributed by atoms with Crippen molar-refractivity contribution in [1.82, 2.24) is 9.97 Å². The topological polar surface area (TPSA) is 122 Å². The monoisotopic (exact) mass is 416 g/mol. The molecule has 0 spiro atoms. The van der Waals surface area contributed by atoms with Crippen LogP contribution in [0.5, 0.6) is 0 Å². The molecule has 1 aliphatic carbocycles. The first kappa shape index (κ1) is 19.3. The van der Waals surface area contributed by atoms with Crippen LogP contribution in [0.2, 0.25) is 5.02 Å². The number of nitrogens with one attached hydrogen (secondary N) is 2. The van der Waals surface area contributed by atoms with Gasteiger partial charge in [0.2, 0.25) is 5.95 Å². The number of halogens is 1. The van der Waals surface area contributed by atoms with E-state index in [0.717, 1.165) is 31.2 Å². The number of hydrogen-bond donors (Lipinski definition) is 3. The molecule has 4 N–H and O–H groups in total. The van der Waals surface area contributed by atoms with Crippen molar-refractivity contribution in [2.24, 2.45) is 5.73 Å².